The summed E-state index contributed by atoms with van der Waals surface area (Å²) in [6.07, 6.45) is 3.04. The molecule has 19 heavy (non-hydrogen) atoms. The van der Waals surface area contributed by atoms with E-state index in [0.717, 1.165) is 9.13 Å². The monoisotopic (exact) mass is 385 g/mol. The quantitative estimate of drug-likeness (QED) is 0.501. The molecule has 0 spiro atoms. The zero-order valence-corrected chi connectivity index (χ0v) is 12.6. The van der Waals surface area contributed by atoms with E-state index in [1.807, 2.05) is 24.3 Å². The highest BCUT2D eigenvalue weighted by atomic mass is 127. The van der Waals surface area contributed by atoms with Gasteiger partial charge in [-0.15, -0.1) is 0 Å². The maximum atomic E-state index is 11.7. The minimum absolute atomic E-state index is 0.229. The first-order valence-electron chi connectivity index (χ1n) is 5.36. The molecule has 0 bridgehead atoms. The van der Waals surface area contributed by atoms with Gasteiger partial charge in [-0.2, -0.15) is 5.10 Å². The maximum absolute atomic E-state index is 11.7. The summed E-state index contributed by atoms with van der Waals surface area (Å²) in [5.41, 5.74) is 3.53. The molecule has 0 fully saturated rings. The number of rotatable bonds is 3. The zero-order valence-electron chi connectivity index (χ0n) is 9.68. The highest BCUT2D eigenvalue weighted by molar-refractivity contribution is 14.1. The van der Waals surface area contributed by atoms with Crippen LogP contribution in [-0.4, -0.2) is 17.1 Å². The van der Waals surface area contributed by atoms with Gasteiger partial charge in [0.05, 0.1) is 6.21 Å². The minimum atomic E-state index is -0.399. The first kappa shape index (κ1) is 14.0. The van der Waals surface area contributed by atoms with Crippen LogP contribution in [0.3, 0.4) is 0 Å². The lowest BCUT2D eigenvalue weighted by Gasteiger charge is -1.99. The SMILES string of the molecule is O=C(NN=Cc1ccc(I)cc1)c1cc(Cl)ccn1. The number of carbonyl (C=O) groups excluding carboxylic acids is 1. The van der Waals surface area contributed by atoms with Crippen molar-refractivity contribution in [2.75, 3.05) is 0 Å². The number of hydrazone groups is 1. The third-order valence-electron chi connectivity index (χ3n) is 2.20. The van der Waals surface area contributed by atoms with Crippen molar-refractivity contribution in [1.82, 2.24) is 10.4 Å². The Morgan fingerprint density at radius 2 is 2.05 bits per heavy atom. The van der Waals surface area contributed by atoms with Crippen LogP contribution in [0.25, 0.3) is 0 Å². The molecular formula is C13H9ClIN3O. The number of benzene rings is 1. The molecule has 96 valence electrons. The summed E-state index contributed by atoms with van der Waals surface area (Å²) in [5, 5.41) is 4.33. The Kier molecular flexibility index (Phi) is 4.86. The van der Waals surface area contributed by atoms with E-state index in [2.05, 4.69) is 38.1 Å². The van der Waals surface area contributed by atoms with Gasteiger partial charge >= 0.3 is 0 Å². The van der Waals surface area contributed by atoms with Gasteiger partial charge in [-0.3, -0.25) is 9.78 Å². The fraction of sp³-hybridized carbons (Fsp3) is 0. The molecule has 0 saturated heterocycles. The number of pyridine rings is 1. The molecule has 0 aliphatic rings. The van der Waals surface area contributed by atoms with E-state index in [1.165, 1.54) is 12.3 Å². The molecule has 1 N–H and O–H groups in total. The molecular weight excluding hydrogens is 377 g/mol. The molecule has 1 aromatic heterocycles. The van der Waals surface area contributed by atoms with E-state index in [0.29, 0.717) is 5.02 Å². The third kappa shape index (κ3) is 4.29. The molecule has 4 nitrogen and oxygen atoms in total. The molecule has 0 radical (unpaired) electrons. The van der Waals surface area contributed by atoms with Gasteiger partial charge in [0.1, 0.15) is 5.69 Å². The predicted molar refractivity (Wildman–Crippen MR) is 83.5 cm³/mol. The van der Waals surface area contributed by atoms with Crippen molar-refractivity contribution in [3.8, 4) is 0 Å². The van der Waals surface area contributed by atoms with Gasteiger partial charge in [-0.25, -0.2) is 5.43 Å². The Labute approximate surface area is 129 Å². The van der Waals surface area contributed by atoms with E-state index >= 15 is 0 Å². The highest BCUT2D eigenvalue weighted by Gasteiger charge is 2.05. The van der Waals surface area contributed by atoms with E-state index in [4.69, 9.17) is 11.6 Å². The number of hydrogen-bond acceptors (Lipinski definition) is 3. The fourth-order valence-corrected chi connectivity index (χ4v) is 1.82. The first-order valence-corrected chi connectivity index (χ1v) is 6.81. The van der Waals surface area contributed by atoms with Gasteiger partial charge in [0.15, 0.2) is 0 Å². The van der Waals surface area contributed by atoms with Crippen LogP contribution in [0.1, 0.15) is 16.1 Å². The summed E-state index contributed by atoms with van der Waals surface area (Å²) < 4.78 is 1.14. The topological polar surface area (TPSA) is 54.4 Å². The van der Waals surface area contributed by atoms with Crippen LogP contribution < -0.4 is 5.43 Å². The lowest BCUT2D eigenvalue weighted by molar-refractivity contribution is 0.0950. The summed E-state index contributed by atoms with van der Waals surface area (Å²) in [6.45, 7) is 0. The molecule has 1 aromatic carbocycles. The van der Waals surface area contributed by atoms with Crippen molar-refractivity contribution in [2.45, 2.75) is 0 Å². The fourth-order valence-electron chi connectivity index (χ4n) is 1.30. The molecule has 0 saturated carbocycles. The van der Waals surface area contributed by atoms with Crippen LogP contribution in [0.5, 0.6) is 0 Å². The third-order valence-corrected chi connectivity index (χ3v) is 3.16. The van der Waals surface area contributed by atoms with Gasteiger partial charge < -0.3 is 0 Å². The number of carbonyl (C=O) groups is 1. The van der Waals surface area contributed by atoms with Crippen molar-refractivity contribution < 1.29 is 4.79 Å². The molecule has 2 rings (SSSR count). The highest BCUT2D eigenvalue weighted by Crippen LogP contribution is 2.08. The van der Waals surface area contributed by atoms with Gasteiger partial charge in [0.2, 0.25) is 0 Å². The van der Waals surface area contributed by atoms with Crippen molar-refractivity contribution in [3.05, 3.63) is 62.4 Å². The number of halogens is 2. The molecule has 0 unspecified atom stereocenters. The molecule has 0 atom stereocenters. The summed E-state index contributed by atoms with van der Waals surface area (Å²) in [7, 11) is 0. The number of nitrogens with one attached hydrogen (secondary N) is 1. The zero-order chi connectivity index (χ0) is 13.7. The Morgan fingerprint density at radius 3 is 2.74 bits per heavy atom. The van der Waals surface area contributed by atoms with Crippen LogP contribution in [0.15, 0.2) is 47.7 Å². The van der Waals surface area contributed by atoms with Gasteiger partial charge in [0, 0.05) is 14.8 Å². The molecule has 1 heterocycles. The Balaban J connectivity index is 1.98. The molecule has 0 aliphatic carbocycles. The smallest absolute Gasteiger partial charge is 0.266 e. The second-order valence-electron chi connectivity index (χ2n) is 3.61. The van der Waals surface area contributed by atoms with Crippen molar-refractivity contribution in [2.24, 2.45) is 5.10 Å². The van der Waals surface area contributed by atoms with Crippen LogP contribution in [0.4, 0.5) is 0 Å². The van der Waals surface area contributed by atoms with Crippen LogP contribution in [0.2, 0.25) is 5.02 Å². The van der Waals surface area contributed by atoms with E-state index in [9.17, 15) is 4.79 Å². The standard InChI is InChI=1S/C13H9ClIN3O/c14-10-5-6-16-12(7-10)13(19)18-17-8-9-1-3-11(15)4-2-9/h1-8H,(H,18,19). The maximum Gasteiger partial charge on any atom is 0.289 e. The number of amides is 1. The van der Waals surface area contributed by atoms with Crippen LogP contribution in [-0.2, 0) is 0 Å². The van der Waals surface area contributed by atoms with Gasteiger partial charge in [-0.1, -0.05) is 23.7 Å². The van der Waals surface area contributed by atoms with Gasteiger partial charge in [-0.05, 0) is 52.4 Å². The second kappa shape index (κ2) is 6.63. The Hall–Kier alpha value is -1.47. The normalized spacial score (nSPS) is 10.6. The average molecular weight is 386 g/mol. The molecule has 0 aliphatic heterocycles. The summed E-state index contributed by atoms with van der Waals surface area (Å²) in [6, 6.07) is 10.8. The van der Waals surface area contributed by atoms with E-state index in [-0.39, 0.29) is 5.69 Å². The lowest BCUT2D eigenvalue weighted by atomic mass is 10.2. The largest absolute Gasteiger partial charge is 0.289 e. The van der Waals surface area contributed by atoms with Gasteiger partial charge in [0.25, 0.3) is 5.91 Å². The number of hydrogen-bond donors (Lipinski definition) is 1. The van der Waals surface area contributed by atoms with Crippen molar-refractivity contribution in [3.63, 3.8) is 0 Å². The summed E-state index contributed by atoms with van der Waals surface area (Å²) in [4.78, 5) is 15.6. The average Bonchev–Trinajstić information content (AvgIpc) is 2.41. The predicted octanol–water partition coefficient (Wildman–Crippen LogP) is 3.10. The Morgan fingerprint density at radius 1 is 1.32 bits per heavy atom. The summed E-state index contributed by atoms with van der Waals surface area (Å²) in [5.74, 6) is -0.399. The molecule has 2 aromatic rings. The first-order chi connectivity index (χ1) is 9.15. The minimum Gasteiger partial charge on any atom is -0.266 e. The van der Waals surface area contributed by atoms with E-state index in [1.54, 1.807) is 12.3 Å². The number of aromatic nitrogens is 1. The van der Waals surface area contributed by atoms with Crippen molar-refractivity contribution in [1.29, 1.82) is 0 Å². The summed E-state index contributed by atoms with van der Waals surface area (Å²) >= 11 is 8.00. The molecule has 6 heteroatoms. The lowest BCUT2D eigenvalue weighted by Crippen LogP contribution is -2.18. The van der Waals surface area contributed by atoms with Crippen LogP contribution >= 0.6 is 34.2 Å². The molecule has 1 amide bonds. The van der Waals surface area contributed by atoms with Crippen LogP contribution in [0, 0.1) is 3.57 Å². The van der Waals surface area contributed by atoms with Crippen molar-refractivity contribution >= 4 is 46.3 Å². The second-order valence-corrected chi connectivity index (χ2v) is 5.29. The Bertz CT molecular complexity index is 614. The van der Waals surface area contributed by atoms with E-state index < -0.39 is 5.91 Å². The number of nitrogens with zero attached hydrogens (tertiary/aromatic N) is 2.